The van der Waals surface area contributed by atoms with Crippen molar-refractivity contribution in [3.8, 4) is 0 Å². The SMILES string of the molecule is CC(C)(C)CCCCNC(=O)c1cn[nH]n1. The number of hydrogen-bond acceptors (Lipinski definition) is 3. The van der Waals surface area contributed by atoms with E-state index < -0.39 is 0 Å². The maximum absolute atomic E-state index is 11.4. The summed E-state index contributed by atoms with van der Waals surface area (Å²) in [5.41, 5.74) is 0.715. The van der Waals surface area contributed by atoms with Crippen LogP contribution in [0.3, 0.4) is 0 Å². The number of aromatic nitrogens is 3. The molecule has 1 rings (SSSR count). The van der Waals surface area contributed by atoms with E-state index in [1.165, 1.54) is 12.6 Å². The van der Waals surface area contributed by atoms with Crippen molar-refractivity contribution in [1.82, 2.24) is 20.7 Å². The first-order chi connectivity index (χ1) is 7.49. The fourth-order valence-electron chi connectivity index (χ4n) is 1.38. The van der Waals surface area contributed by atoms with Crippen LogP contribution in [0.25, 0.3) is 0 Å². The molecule has 2 N–H and O–H groups in total. The van der Waals surface area contributed by atoms with Gasteiger partial charge in [0.05, 0.1) is 6.20 Å². The van der Waals surface area contributed by atoms with Crippen LogP contribution in [0.15, 0.2) is 6.20 Å². The van der Waals surface area contributed by atoms with Crippen molar-refractivity contribution in [2.45, 2.75) is 40.0 Å². The summed E-state index contributed by atoms with van der Waals surface area (Å²) < 4.78 is 0. The lowest BCUT2D eigenvalue weighted by Gasteiger charge is -2.17. The molecule has 0 aromatic carbocycles. The molecule has 90 valence electrons. The van der Waals surface area contributed by atoms with E-state index >= 15 is 0 Å². The summed E-state index contributed by atoms with van der Waals surface area (Å²) in [5, 5.41) is 12.5. The number of amides is 1. The van der Waals surface area contributed by atoms with E-state index in [0.29, 0.717) is 17.7 Å². The van der Waals surface area contributed by atoms with Gasteiger partial charge in [-0.15, -0.1) is 0 Å². The highest BCUT2D eigenvalue weighted by atomic mass is 16.1. The Morgan fingerprint density at radius 2 is 2.19 bits per heavy atom. The summed E-state index contributed by atoms with van der Waals surface area (Å²) >= 11 is 0. The van der Waals surface area contributed by atoms with E-state index in [2.05, 4.69) is 41.5 Å². The lowest BCUT2D eigenvalue weighted by Crippen LogP contribution is -2.25. The average molecular weight is 224 g/mol. The molecule has 0 aliphatic rings. The number of hydrogen-bond donors (Lipinski definition) is 2. The zero-order chi connectivity index (χ0) is 12.0. The topological polar surface area (TPSA) is 70.7 Å². The predicted molar refractivity (Wildman–Crippen MR) is 62.0 cm³/mol. The molecule has 1 heterocycles. The van der Waals surface area contributed by atoms with E-state index in [-0.39, 0.29) is 5.91 Å². The Labute approximate surface area is 96.0 Å². The van der Waals surface area contributed by atoms with Gasteiger partial charge in [0.25, 0.3) is 5.91 Å². The van der Waals surface area contributed by atoms with Crippen molar-refractivity contribution < 1.29 is 4.79 Å². The van der Waals surface area contributed by atoms with Crippen molar-refractivity contribution in [2.24, 2.45) is 5.41 Å². The minimum Gasteiger partial charge on any atom is -0.351 e. The summed E-state index contributed by atoms with van der Waals surface area (Å²) in [6, 6.07) is 0. The molecule has 0 aliphatic heterocycles. The van der Waals surface area contributed by atoms with Gasteiger partial charge in [-0.25, -0.2) is 0 Å². The maximum Gasteiger partial charge on any atom is 0.273 e. The van der Waals surface area contributed by atoms with Crippen LogP contribution in [-0.4, -0.2) is 27.9 Å². The van der Waals surface area contributed by atoms with E-state index in [4.69, 9.17) is 0 Å². The molecule has 0 fully saturated rings. The molecule has 1 aromatic heterocycles. The van der Waals surface area contributed by atoms with Gasteiger partial charge in [-0.1, -0.05) is 27.2 Å². The Morgan fingerprint density at radius 1 is 1.44 bits per heavy atom. The lowest BCUT2D eigenvalue weighted by molar-refractivity contribution is 0.0947. The third-order valence-corrected chi connectivity index (χ3v) is 2.29. The summed E-state index contributed by atoms with van der Waals surface area (Å²) in [7, 11) is 0. The van der Waals surface area contributed by atoms with Gasteiger partial charge >= 0.3 is 0 Å². The van der Waals surface area contributed by atoms with Crippen LogP contribution in [0.4, 0.5) is 0 Å². The van der Waals surface area contributed by atoms with Crippen LogP contribution in [-0.2, 0) is 0 Å². The second-order valence-electron chi connectivity index (χ2n) is 5.13. The van der Waals surface area contributed by atoms with Crippen molar-refractivity contribution >= 4 is 5.91 Å². The summed E-state index contributed by atoms with van der Waals surface area (Å²) in [4.78, 5) is 11.4. The van der Waals surface area contributed by atoms with E-state index in [9.17, 15) is 4.79 Å². The van der Waals surface area contributed by atoms with Crippen LogP contribution in [0.1, 0.15) is 50.5 Å². The zero-order valence-electron chi connectivity index (χ0n) is 10.2. The molecule has 0 saturated carbocycles. The quantitative estimate of drug-likeness (QED) is 0.748. The Hall–Kier alpha value is -1.39. The Morgan fingerprint density at radius 3 is 2.75 bits per heavy atom. The molecule has 0 spiro atoms. The summed E-state index contributed by atoms with van der Waals surface area (Å²) in [6.07, 6.45) is 4.72. The number of unbranched alkanes of at least 4 members (excludes halogenated alkanes) is 1. The second kappa shape index (κ2) is 5.63. The van der Waals surface area contributed by atoms with Crippen molar-refractivity contribution in [3.63, 3.8) is 0 Å². The fraction of sp³-hybridized carbons (Fsp3) is 0.727. The van der Waals surface area contributed by atoms with Gasteiger partial charge in [0, 0.05) is 6.54 Å². The molecule has 1 amide bonds. The average Bonchev–Trinajstić information content (AvgIpc) is 2.67. The highest BCUT2D eigenvalue weighted by molar-refractivity contribution is 5.91. The molecule has 5 heteroatoms. The number of carbonyl (C=O) groups excluding carboxylic acids is 1. The summed E-state index contributed by atoms with van der Waals surface area (Å²) in [5.74, 6) is -0.162. The van der Waals surface area contributed by atoms with Crippen molar-refractivity contribution in [1.29, 1.82) is 0 Å². The van der Waals surface area contributed by atoms with Gasteiger partial charge in [-0.05, 0) is 18.3 Å². The molecule has 5 nitrogen and oxygen atoms in total. The van der Waals surface area contributed by atoms with Gasteiger partial charge in [0.1, 0.15) is 0 Å². The number of rotatable bonds is 5. The van der Waals surface area contributed by atoms with Crippen molar-refractivity contribution in [2.75, 3.05) is 6.54 Å². The Balaban J connectivity index is 2.10. The van der Waals surface area contributed by atoms with E-state index in [1.54, 1.807) is 0 Å². The van der Waals surface area contributed by atoms with Crippen LogP contribution >= 0.6 is 0 Å². The van der Waals surface area contributed by atoms with Gasteiger partial charge in [0.2, 0.25) is 0 Å². The minimum atomic E-state index is -0.162. The van der Waals surface area contributed by atoms with Gasteiger partial charge in [-0.3, -0.25) is 4.79 Å². The first-order valence-electron chi connectivity index (χ1n) is 5.63. The molecular weight excluding hydrogens is 204 g/mol. The molecule has 0 bridgehead atoms. The molecule has 0 unspecified atom stereocenters. The molecule has 0 radical (unpaired) electrons. The van der Waals surface area contributed by atoms with E-state index in [0.717, 1.165) is 12.8 Å². The number of nitrogens with one attached hydrogen (secondary N) is 2. The van der Waals surface area contributed by atoms with Gasteiger partial charge < -0.3 is 5.32 Å². The van der Waals surface area contributed by atoms with Crippen LogP contribution in [0.2, 0.25) is 0 Å². The smallest absolute Gasteiger partial charge is 0.273 e. The normalized spacial score (nSPS) is 11.4. The van der Waals surface area contributed by atoms with Crippen LogP contribution < -0.4 is 5.32 Å². The first-order valence-corrected chi connectivity index (χ1v) is 5.63. The number of carbonyl (C=O) groups is 1. The van der Waals surface area contributed by atoms with Gasteiger partial charge in [0.15, 0.2) is 5.69 Å². The van der Waals surface area contributed by atoms with Crippen LogP contribution in [0, 0.1) is 5.41 Å². The molecule has 0 saturated heterocycles. The maximum atomic E-state index is 11.4. The Kier molecular flexibility index (Phi) is 4.46. The third-order valence-electron chi connectivity index (χ3n) is 2.29. The second-order valence-corrected chi connectivity index (χ2v) is 5.13. The molecule has 1 aromatic rings. The molecule has 0 aliphatic carbocycles. The zero-order valence-corrected chi connectivity index (χ0v) is 10.2. The van der Waals surface area contributed by atoms with E-state index in [1.807, 2.05) is 0 Å². The predicted octanol–water partition coefficient (Wildman–Crippen LogP) is 1.75. The first kappa shape index (κ1) is 12.7. The highest BCUT2D eigenvalue weighted by Gasteiger charge is 2.10. The number of H-pyrrole nitrogens is 1. The fourth-order valence-corrected chi connectivity index (χ4v) is 1.38. The monoisotopic (exact) mass is 224 g/mol. The number of aromatic amines is 1. The summed E-state index contributed by atoms with van der Waals surface area (Å²) in [6.45, 7) is 7.37. The number of nitrogens with zero attached hydrogens (tertiary/aromatic N) is 2. The standard InChI is InChI=1S/C11H20N4O/c1-11(2,3)6-4-5-7-12-10(16)9-8-13-15-14-9/h8H,4-7H2,1-3H3,(H,12,16)(H,13,14,15). The largest absolute Gasteiger partial charge is 0.351 e. The van der Waals surface area contributed by atoms with Gasteiger partial charge in [-0.2, -0.15) is 15.4 Å². The third kappa shape index (κ3) is 4.91. The highest BCUT2D eigenvalue weighted by Crippen LogP contribution is 2.21. The van der Waals surface area contributed by atoms with Crippen LogP contribution in [0.5, 0.6) is 0 Å². The molecular formula is C11H20N4O. The minimum absolute atomic E-state index is 0.162. The lowest BCUT2D eigenvalue weighted by atomic mass is 9.90. The Bertz CT molecular complexity index is 313. The molecule has 0 atom stereocenters. The van der Waals surface area contributed by atoms with Crippen molar-refractivity contribution in [3.05, 3.63) is 11.9 Å². The molecule has 16 heavy (non-hydrogen) atoms.